The molecule has 0 saturated carbocycles. The molecule has 1 heterocycles. The third kappa shape index (κ3) is 4.91. The van der Waals surface area contributed by atoms with Crippen molar-refractivity contribution in [2.75, 3.05) is 13.7 Å². The molecule has 1 N–H and O–H groups in total. The molecule has 1 aromatic heterocycles. The Morgan fingerprint density at radius 2 is 2.27 bits per heavy atom. The molecule has 0 fully saturated rings. The zero-order chi connectivity index (χ0) is 15.8. The molecule has 2 rings (SSSR count). The number of methoxy groups -OCH3 is 1. The zero-order valence-electron chi connectivity index (χ0n) is 13.2. The molecule has 0 atom stereocenters. The minimum absolute atomic E-state index is 0.0964. The van der Waals surface area contributed by atoms with Gasteiger partial charge in [-0.2, -0.15) is 0 Å². The summed E-state index contributed by atoms with van der Waals surface area (Å²) >= 11 is 0. The average molecular weight is 301 g/mol. The molecule has 0 radical (unpaired) electrons. The fourth-order valence-electron chi connectivity index (χ4n) is 2.35. The number of amides is 1. The van der Waals surface area contributed by atoms with Crippen molar-refractivity contribution in [3.05, 3.63) is 48.0 Å². The number of rotatable bonds is 8. The summed E-state index contributed by atoms with van der Waals surface area (Å²) in [5.74, 6) is 0.979. The Hall–Kier alpha value is -2.30. The maximum absolute atomic E-state index is 11.8. The van der Waals surface area contributed by atoms with Gasteiger partial charge in [-0.05, 0) is 37.0 Å². The fourth-order valence-corrected chi connectivity index (χ4v) is 2.35. The minimum atomic E-state index is 0.0964. The number of hydrogen-bond acceptors (Lipinski definition) is 3. The van der Waals surface area contributed by atoms with E-state index in [0.29, 0.717) is 13.0 Å². The van der Waals surface area contributed by atoms with Crippen molar-refractivity contribution < 1.29 is 9.53 Å². The van der Waals surface area contributed by atoms with Crippen LogP contribution < -0.4 is 10.1 Å². The molecule has 0 saturated heterocycles. The normalized spacial score (nSPS) is 10.5. The molecule has 0 aliphatic rings. The number of hydrogen-bond donors (Lipinski definition) is 1. The number of aryl methyl sites for hydroxylation is 3. The molecule has 5 nitrogen and oxygen atoms in total. The first-order valence-electron chi connectivity index (χ1n) is 7.55. The lowest BCUT2D eigenvalue weighted by Gasteiger charge is -2.08. The van der Waals surface area contributed by atoms with Crippen LogP contribution in [0.4, 0.5) is 0 Å². The first kappa shape index (κ1) is 16.1. The summed E-state index contributed by atoms with van der Waals surface area (Å²) < 4.78 is 7.24. The van der Waals surface area contributed by atoms with E-state index in [9.17, 15) is 4.79 Å². The van der Waals surface area contributed by atoms with Gasteiger partial charge in [-0.1, -0.05) is 12.1 Å². The fraction of sp³-hybridized carbons (Fsp3) is 0.412. The van der Waals surface area contributed by atoms with Crippen LogP contribution in [0.3, 0.4) is 0 Å². The highest BCUT2D eigenvalue weighted by atomic mass is 16.5. The lowest BCUT2D eigenvalue weighted by Crippen LogP contribution is -2.25. The number of imidazole rings is 1. The Balaban J connectivity index is 1.66. The van der Waals surface area contributed by atoms with Crippen LogP contribution in [0.2, 0.25) is 0 Å². The molecule has 1 amide bonds. The van der Waals surface area contributed by atoms with Crippen molar-refractivity contribution in [1.29, 1.82) is 0 Å². The second-order valence-corrected chi connectivity index (χ2v) is 5.31. The molecule has 22 heavy (non-hydrogen) atoms. The molecule has 0 spiro atoms. The first-order chi connectivity index (χ1) is 10.7. The van der Waals surface area contributed by atoms with Crippen LogP contribution in [0.5, 0.6) is 5.75 Å². The highest BCUT2D eigenvalue weighted by Crippen LogP contribution is 2.19. The number of carbonyl (C=O) groups excluding carboxylic acids is 1. The van der Waals surface area contributed by atoms with Crippen molar-refractivity contribution >= 4 is 5.91 Å². The van der Waals surface area contributed by atoms with E-state index in [1.54, 1.807) is 19.6 Å². The van der Waals surface area contributed by atoms with Crippen molar-refractivity contribution in [1.82, 2.24) is 14.9 Å². The topological polar surface area (TPSA) is 56.1 Å². The zero-order valence-corrected chi connectivity index (χ0v) is 13.2. The predicted octanol–water partition coefficient (Wildman–Crippen LogP) is 2.34. The average Bonchev–Trinajstić information content (AvgIpc) is 3.03. The second-order valence-electron chi connectivity index (χ2n) is 5.31. The Bertz CT molecular complexity index is 594. The molecule has 2 aromatic rings. The van der Waals surface area contributed by atoms with Gasteiger partial charge in [0.25, 0.3) is 0 Å². The highest BCUT2D eigenvalue weighted by molar-refractivity contribution is 5.76. The number of benzene rings is 1. The minimum Gasteiger partial charge on any atom is -0.496 e. The van der Waals surface area contributed by atoms with E-state index < -0.39 is 0 Å². The van der Waals surface area contributed by atoms with Gasteiger partial charge >= 0.3 is 0 Å². The summed E-state index contributed by atoms with van der Waals surface area (Å²) in [6.07, 6.45) is 7.63. The molecular formula is C17H23N3O2. The van der Waals surface area contributed by atoms with Gasteiger partial charge in [0.1, 0.15) is 5.75 Å². The third-order valence-corrected chi connectivity index (χ3v) is 3.57. The van der Waals surface area contributed by atoms with E-state index in [1.165, 1.54) is 0 Å². The SMILES string of the molecule is COc1ccc(CCC(=O)NCCCn2ccnc2)cc1C. The van der Waals surface area contributed by atoms with Crippen LogP contribution in [-0.4, -0.2) is 29.1 Å². The van der Waals surface area contributed by atoms with Gasteiger partial charge in [0.2, 0.25) is 5.91 Å². The summed E-state index contributed by atoms with van der Waals surface area (Å²) in [5.41, 5.74) is 2.26. The van der Waals surface area contributed by atoms with E-state index in [0.717, 1.165) is 36.3 Å². The Labute approximate surface area is 131 Å². The van der Waals surface area contributed by atoms with Gasteiger partial charge < -0.3 is 14.6 Å². The van der Waals surface area contributed by atoms with Gasteiger partial charge in [0.05, 0.1) is 13.4 Å². The van der Waals surface area contributed by atoms with Gasteiger partial charge in [-0.3, -0.25) is 4.79 Å². The van der Waals surface area contributed by atoms with Crippen molar-refractivity contribution in [3.8, 4) is 5.75 Å². The van der Waals surface area contributed by atoms with Crippen molar-refractivity contribution in [2.24, 2.45) is 0 Å². The van der Waals surface area contributed by atoms with E-state index in [4.69, 9.17) is 4.74 Å². The molecule has 0 aliphatic heterocycles. The van der Waals surface area contributed by atoms with Crippen LogP contribution in [0.25, 0.3) is 0 Å². The monoisotopic (exact) mass is 301 g/mol. The smallest absolute Gasteiger partial charge is 0.220 e. The largest absolute Gasteiger partial charge is 0.496 e. The molecule has 118 valence electrons. The molecule has 5 heteroatoms. The standard InChI is InChI=1S/C17H23N3O2/c1-14-12-15(4-6-16(14)22-2)5-7-17(21)19-8-3-10-20-11-9-18-13-20/h4,6,9,11-13H,3,5,7-8,10H2,1-2H3,(H,19,21). The Morgan fingerprint density at radius 1 is 1.41 bits per heavy atom. The Kier molecular flexibility index (Phi) is 6.01. The molecule has 0 unspecified atom stereocenters. The maximum Gasteiger partial charge on any atom is 0.220 e. The molecule has 1 aromatic carbocycles. The Morgan fingerprint density at radius 3 is 2.95 bits per heavy atom. The number of nitrogens with zero attached hydrogens (tertiary/aromatic N) is 2. The maximum atomic E-state index is 11.8. The number of ether oxygens (including phenoxy) is 1. The quantitative estimate of drug-likeness (QED) is 0.761. The van der Waals surface area contributed by atoms with Crippen molar-refractivity contribution in [2.45, 2.75) is 32.7 Å². The summed E-state index contributed by atoms with van der Waals surface area (Å²) in [6, 6.07) is 6.04. The van der Waals surface area contributed by atoms with E-state index in [-0.39, 0.29) is 5.91 Å². The first-order valence-corrected chi connectivity index (χ1v) is 7.55. The van der Waals surface area contributed by atoms with Gasteiger partial charge in [0, 0.05) is 31.9 Å². The summed E-state index contributed by atoms with van der Waals surface area (Å²) in [6.45, 7) is 3.58. The molecule has 0 bridgehead atoms. The summed E-state index contributed by atoms with van der Waals surface area (Å²) in [4.78, 5) is 15.8. The lowest BCUT2D eigenvalue weighted by molar-refractivity contribution is -0.121. The summed E-state index contributed by atoms with van der Waals surface area (Å²) in [5, 5.41) is 2.96. The number of carbonyl (C=O) groups is 1. The van der Waals surface area contributed by atoms with Crippen molar-refractivity contribution in [3.63, 3.8) is 0 Å². The van der Waals surface area contributed by atoms with Crippen LogP contribution in [-0.2, 0) is 17.8 Å². The third-order valence-electron chi connectivity index (χ3n) is 3.57. The lowest BCUT2D eigenvalue weighted by atomic mass is 10.1. The second kappa shape index (κ2) is 8.22. The van der Waals surface area contributed by atoms with Gasteiger partial charge in [-0.25, -0.2) is 4.98 Å². The van der Waals surface area contributed by atoms with Crippen LogP contribution in [0.1, 0.15) is 24.0 Å². The van der Waals surface area contributed by atoms with Crippen LogP contribution in [0, 0.1) is 6.92 Å². The van der Waals surface area contributed by atoms with Gasteiger partial charge in [0.15, 0.2) is 0 Å². The van der Waals surface area contributed by atoms with E-state index in [2.05, 4.69) is 16.4 Å². The molecule has 0 aliphatic carbocycles. The number of nitrogens with one attached hydrogen (secondary N) is 1. The summed E-state index contributed by atoms with van der Waals surface area (Å²) in [7, 11) is 1.67. The van der Waals surface area contributed by atoms with E-state index in [1.807, 2.05) is 29.8 Å². The van der Waals surface area contributed by atoms with Crippen LogP contribution in [0.15, 0.2) is 36.9 Å². The molecular weight excluding hydrogens is 278 g/mol. The highest BCUT2D eigenvalue weighted by Gasteiger charge is 2.04. The van der Waals surface area contributed by atoms with E-state index >= 15 is 0 Å². The van der Waals surface area contributed by atoms with Gasteiger partial charge in [-0.15, -0.1) is 0 Å². The number of aromatic nitrogens is 2. The predicted molar refractivity (Wildman–Crippen MR) is 85.9 cm³/mol. The van der Waals surface area contributed by atoms with Crippen LogP contribution >= 0.6 is 0 Å².